The van der Waals surface area contributed by atoms with E-state index in [9.17, 15) is 18.0 Å². The van der Waals surface area contributed by atoms with Crippen LogP contribution in [0.15, 0.2) is 35.2 Å². The van der Waals surface area contributed by atoms with Crippen LogP contribution in [0.25, 0.3) is 0 Å². The van der Waals surface area contributed by atoms with E-state index in [1.807, 2.05) is 13.8 Å². The van der Waals surface area contributed by atoms with Crippen molar-refractivity contribution in [2.75, 3.05) is 26.7 Å². The van der Waals surface area contributed by atoms with Crippen molar-refractivity contribution < 1.29 is 23.1 Å². The molecule has 0 unspecified atom stereocenters. The van der Waals surface area contributed by atoms with Crippen molar-refractivity contribution in [3.8, 4) is 0 Å². The summed E-state index contributed by atoms with van der Waals surface area (Å²) in [7, 11) is -2.42. The Kier molecular flexibility index (Phi) is 7.37. The number of amides is 1. The van der Waals surface area contributed by atoms with E-state index in [1.165, 1.54) is 24.1 Å². The Morgan fingerprint density at radius 3 is 2.25 bits per heavy atom. The minimum Gasteiger partial charge on any atom is -0.481 e. The first-order valence-electron chi connectivity index (χ1n) is 7.65. The van der Waals surface area contributed by atoms with Crippen LogP contribution in [0.5, 0.6) is 0 Å². The molecule has 0 heterocycles. The second-order valence-electron chi connectivity index (χ2n) is 5.95. The molecule has 24 heavy (non-hydrogen) atoms. The van der Waals surface area contributed by atoms with Crippen LogP contribution in [0.3, 0.4) is 0 Å². The number of likely N-dealkylation sites (N-methyl/N-ethyl adjacent to an activating group) is 1. The van der Waals surface area contributed by atoms with Crippen molar-refractivity contribution in [2.24, 2.45) is 5.92 Å². The van der Waals surface area contributed by atoms with Gasteiger partial charge in [0.2, 0.25) is 15.9 Å². The number of sulfonamides is 1. The first-order valence-corrected chi connectivity index (χ1v) is 9.09. The highest BCUT2D eigenvalue weighted by Gasteiger charge is 2.25. The molecule has 0 saturated heterocycles. The van der Waals surface area contributed by atoms with Crippen molar-refractivity contribution >= 4 is 21.9 Å². The van der Waals surface area contributed by atoms with E-state index in [2.05, 4.69) is 0 Å². The summed E-state index contributed by atoms with van der Waals surface area (Å²) in [5.41, 5.74) is 0. The number of hydrogen-bond acceptors (Lipinski definition) is 4. The lowest BCUT2D eigenvalue weighted by molar-refractivity contribution is -0.138. The maximum Gasteiger partial charge on any atom is 0.305 e. The molecule has 0 aliphatic rings. The number of carbonyl (C=O) groups is 2. The monoisotopic (exact) mass is 356 g/mol. The first kappa shape index (κ1) is 20.1. The Balaban J connectivity index is 2.83. The maximum atomic E-state index is 12.4. The van der Waals surface area contributed by atoms with Crippen molar-refractivity contribution in [3.05, 3.63) is 30.3 Å². The van der Waals surface area contributed by atoms with Gasteiger partial charge in [-0.1, -0.05) is 32.0 Å². The summed E-state index contributed by atoms with van der Waals surface area (Å²) < 4.78 is 25.9. The highest BCUT2D eigenvalue weighted by molar-refractivity contribution is 7.89. The highest BCUT2D eigenvalue weighted by Crippen LogP contribution is 2.14. The van der Waals surface area contributed by atoms with Gasteiger partial charge in [-0.25, -0.2) is 8.42 Å². The van der Waals surface area contributed by atoms with Gasteiger partial charge in [0.25, 0.3) is 0 Å². The van der Waals surface area contributed by atoms with E-state index in [4.69, 9.17) is 5.11 Å². The fourth-order valence-corrected chi connectivity index (χ4v) is 3.28. The van der Waals surface area contributed by atoms with Gasteiger partial charge in [0.15, 0.2) is 0 Å². The summed E-state index contributed by atoms with van der Waals surface area (Å²) >= 11 is 0. The highest BCUT2D eigenvalue weighted by atomic mass is 32.2. The van der Waals surface area contributed by atoms with Gasteiger partial charge in [-0.3, -0.25) is 9.59 Å². The molecule has 1 aromatic carbocycles. The minimum absolute atomic E-state index is 0.0611. The molecule has 7 nitrogen and oxygen atoms in total. The predicted molar refractivity (Wildman–Crippen MR) is 89.9 cm³/mol. The zero-order valence-electron chi connectivity index (χ0n) is 14.2. The Hall–Kier alpha value is -1.93. The van der Waals surface area contributed by atoms with Crippen LogP contribution in [0.4, 0.5) is 0 Å². The number of carbonyl (C=O) groups excluding carboxylic acids is 1. The molecular formula is C16H24N2O5S. The summed E-state index contributed by atoms with van der Waals surface area (Å²) in [6.07, 6.45) is -0.173. The van der Waals surface area contributed by atoms with E-state index < -0.39 is 21.9 Å². The van der Waals surface area contributed by atoms with E-state index in [0.717, 1.165) is 4.31 Å². The molecule has 1 rings (SSSR count). The lowest BCUT2D eigenvalue weighted by Crippen LogP contribution is -2.43. The number of nitrogens with zero attached hydrogens (tertiary/aromatic N) is 2. The molecule has 1 amide bonds. The summed E-state index contributed by atoms with van der Waals surface area (Å²) in [6.45, 7) is 3.93. The number of carboxylic acids is 1. The van der Waals surface area contributed by atoms with Crippen LogP contribution < -0.4 is 0 Å². The number of aliphatic carboxylic acids is 1. The van der Waals surface area contributed by atoms with Crippen LogP contribution in [-0.2, 0) is 19.6 Å². The molecule has 0 spiro atoms. The lowest BCUT2D eigenvalue weighted by Gasteiger charge is -2.26. The van der Waals surface area contributed by atoms with Crippen LogP contribution >= 0.6 is 0 Å². The van der Waals surface area contributed by atoms with Gasteiger partial charge in [-0.05, 0) is 18.1 Å². The van der Waals surface area contributed by atoms with E-state index in [-0.39, 0.29) is 30.3 Å². The van der Waals surface area contributed by atoms with Crippen LogP contribution in [0.1, 0.15) is 20.3 Å². The molecule has 0 fully saturated rings. The SMILES string of the molecule is CC(C)CN(CCC(=O)O)C(=O)CN(C)S(=O)(=O)c1ccccc1. The van der Waals surface area contributed by atoms with Crippen molar-refractivity contribution in [1.82, 2.24) is 9.21 Å². The zero-order valence-corrected chi connectivity index (χ0v) is 15.0. The van der Waals surface area contributed by atoms with Gasteiger partial charge in [0.1, 0.15) is 0 Å². The normalized spacial score (nSPS) is 11.7. The van der Waals surface area contributed by atoms with Crippen molar-refractivity contribution in [3.63, 3.8) is 0 Å². The molecular weight excluding hydrogens is 332 g/mol. The summed E-state index contributed by atoms with van der Waals surface area (Å²) in [5, 5.41) is 8.79. The summed E-state index contributed by atoms with van der Waals surface area (Å²) in [4.78, 5) is 24.7. The Bertz CT molecular complexity index is 658. The molecule has 0 bridgehead atoms. The van der Waals surface area contributed by atoms with Gasteiger partial charge >= 0.3 is 5.97 Å². The first-order chi connectivity index (χ1) is 11.1. The third-order valence-corrected chi connectivity index (χ3v) is 5.16. The van der Waals surface area contributed by atoms with Gasteiger partial charge in [-0.2, -0.15) is 4.31 Å². The van der Waals surface area contributed by atoms with E-state index >= 15 is 0 Å². The van der Waals surface area contributed by atoms with Crippen molar-refractivity contribution in [2.45, 2.75) is 25.2 Å². The third-order valence-electron chi connectivity index (χ3n) is 3.34. The number of benzene rings is 1. The van der Waals surface area contributed by atoms with Crippen LogP contribution in [0, 0.1) is 5.92 Å². The summed E-state index contributed by atoms with van der Waals surface area (Å²) in [6, 6.07) is 7.86. The molecule has 1 N–H and O–H groups in total. The summed E-state index contributed by atoms with van der Waals surface area (Å²) in [5.74, 6) is -1.26. The van der Waals surface area contributed by atoms with Gasteiger partial charge < -0.3 is 10.0 Å². The second kappa shape index (κ2) is 8.79. The van der Waals surface area contributed by atoms with Gasteiger partial charge in [-0.15, -0.1) is 0 Å². The molecule has 0 aliphatic carbocycles. The standard InChI is InChI=1S/C16H24N2O5S/c1-13(2)11-18(10-9-16(20)21)15(19)12-17(3)24(22,23)14-7-5-4-6-8-14/h4-8,13H,9-12H2,1-3H3,(H,20,21). The molecule has 1 aromatic rings. The van der Waals surface area contributed by atoms with Gasteiger partial charge in [0, 0.05) is 20.1 Å². The number of hydrogen-bond donors (Lipinski definition) is 1. The molecule has 0 radical (unpaired) electrons. The zero-order chi connectivity index (χ0) is 18.3. The number of rotatable bonds is 9. The van der Waals surface area contributed by atoms with E-state index in [0.29, 0.717) is 6.54 Å². The number of carboxylic acid groups (broad SMARTS) is 1. The fourth-order valence-electron chi connectivity index (χ4n) is 2.14. The molecule has 134 valence electrons. The Labute approximate surface area is 142 Å². The maximum absolute atomic E-state index is 12.4. The fraction of sp³-hybridized carbons (Fsp3) is 0.500. The molecule has 0 atom stereocenters. The van der Waals surface area contributed by atoms with Crippen molar-refractivity contribution in [1.29, 1.82) is 0 Å². The molecule has 8 heteroatoms. The molecule has 0 aromatic heterocycles. The smallest absolute Gasteiger partial charge is 0.305 e. The Morgan fingerprint density at radius 2 is 1.75 bits per heavy atom. The lowest BCUT2D eigenvalue weighted by atomic mass is 10.2. The van der Waals surface area contributed by atoms with Crippen LogP contribution in [-0.4, -0.2) is 61.3 Å². The van der Waals surface area contributed by atoms with Crippen LogP contribution in [0.2, 0.25) is 0 Å². The predicted octanol–water partition coefficient (Wildman–Crippen LogP) is 1.27. The average molecular weight is 356 g/mol. The Morgan fingerprint density at radius 1 is 1.17 bits per heavy atom. The third kappa shape index (κ3) is 5.93. The second-order valence-corrected chi connectivity index (χ2v) is 8.00. The molecule has 0 aliphatic heterocycles. The average Bonchev–Trinajstić information content (AvgIpc) is 2.51. The van der Waals surface area contributed by atoms with E-state index in [1.54, 1.807) is 18.2 Å². The molecule has 0 saturated carbocycles. The van der Waals surface area contributed by atoms with Gasteiger partial charge in [0.05, 0.1) is 17.9 Å². The largest absolute Gasteiger partial charge is 0.481 e. The minimum atomic E-state index is -3.76. The topological polar surface area (TPSA) is 95.0 Å². The quantitative estimate of drug-likeness (QED) is 0.719.